The summed E-state index contributed by atoms with van der Waals surface area (Å²) in [5.74, 6) is 0.0621. The number of benzene rings is 3. The minimum absolute atomic E-state index is 0.0621. The molecule has 4 aromatic rings. The monoisotopic (exact) mass is 496 g/mol. The van der Waals surface area contributed by atoms with E-state index in [1.165, 1.54) is 71.9 Å². The maximum atomic E-state index is 13.2. The van der Waals surface area contributed by atoms with Crippen LogP contribution >= 0.6 is 0 Å². The quantitative estimate of drug-likeness (QED) is 0.209. The molecule has 0 fully saturated rings. The van der Waals surface area contributed by atoms with Crippen LogP contribution in [0.15, 0.2) is 72.8 Å². The molecule has 1 heteroatoms. The predicted molar refractivity (Wildman–Crippen MR) is 157 cm³/mol. The van der Waals surface area contributed by atoms with Crippen LogP contribution < -0.4 is 0 Å². The number of unbranched alkanes of at least 4 members (excludes halogenated alkanes) is 2. The summed E-state index contributed by atoms with van der Waals surface area (Å²) in [5, 5.41) is 0. The van der Waals surface area contributed by atoms with Gasteiger partial charge in [0.25, 0.3) is 0 Å². The summed E-state index contributed by atoms with van der Waals surface area (Å²) in [6.45, 7) is 9.20. The number of ketones is 1. The molecule has 0 saturated carbocycles. The molecule has 0 aromatic heterocycles. The molecular weight excluding hydrogens is 460 g/mol. The van der Waals surface area contributed by atoms with Crippen molar-refractivity contribution in [3.63, 3.8) is 0 Å². The Morgan fingerprint density at radius 3 is 2.11 bits per heavy atom. The number of fused-ring (bicyclic) bond motifs is 6. The van der Waals surface area contributed by atoms with Crippen LogP contribution in [0.5, 0.6) is 0 Å². The summed E-state index contributed by atoms with van der Waals surface area (Å²) in [6, 6.07) is 32.6. The lowest BCUT2D eigenvalue weighted by Gasteiger charge is -2.34. The molecule has 0 N–H and O–H groups in total. The van der Waals surface area contributed by atoms with Crippen LogP contribution in [0, 0.1) is 12.1 Å². The Bertz CT molecular complexity index is 1530. The molecule has 2 aliphatic rings. The zero-order chi connectivity index (χ0) is 26.5. The van der Waals surface area contributed by atoms with Gasteiger partial charge in [0.15, 0.2) is 0 Å². The second-order valence-corrected chi connectivity index (χ2v) is 11.7. The standard InChI is InChI=1S/C37H36O/c1-5-7-21-37(22-8-6-2)33-16-12-11-14-29(33)30-20-18-26(24-34(30)37)36(3,4)25-17-19-28-27-13-9-10-15-31(27)35(38)32(28)23-25/h9,11-14,16-20,23-24H,5-8,21-22H2,1-4H3. The van der Waals surface area contributed by atoms with Gasteiger partial charge in [-0.3, -0.25) is 4.79 Å². The van der Waals surface area contributed by atoms with E-state index in [0.717, 1.165) is 16.7 Å². The van der Waals surface area contributed by atoms with Gasteiger partial charge in [-0.2, -0.15) is 0 Å². The first kappa shape index (κ1) is 24.7. The van der Waals surface area contributed by atoms with E-state index in [0.29, 0.717) is 5.56 Å². The van der Waals surface area contributed by atoms with E-state index < -0.39 is 0 Å². The van der Waals surface area contributed by atoms with Crippen molar-refractivity contribution < 1.29 is 4.79 Å². The highest BCUT2D eigenvalue weighted by Gasteiger charge is 2.43. The van der Waals surface area contributed by atoms with Gasteiger partial charge in [-0.25, -0.2) is 0 Å². The highest BCUT2D eigenvalue weighted by Crippen LogP contribution is 2.55. The number of hydrogen-bond donors (Lipinski definition) is 0. The molecule has 1 nitrogen and oxygen atoms in total. The normalized spacial score (nSPS) is 14.5. The molecule has 2 aliphatic carbocycles. The van der Waals surface area contributed by atoms with E-state index in [-0.39, 0.29) is 16.6 Å². The third kappa shape index (κ3) is 3.58. The highest BCUT2D eigenvalue weighted by atomic mass is 16.1. The molecule has 38 heavy (non-hydrogen) atoms. The van der Waals surface area contributed by atoms with Crippen LogP contribution in [0.4, 0.5) is 0 Å². The summed E-state index contributed by atoms with van der Waals surface area (Å²) in [7, 11) is 0. The first-order valence-corrected chi connectivity index (χ1v) is 14.3. The number of carbonyl (C=O) groups is 1. The van der Waals surface area contributed by atoms with Crippen molar-refractivity contribution in [1.29, 1.82) is 0 Å². The Kier molecular flexibility index (Phi) is 6.03. The molecule has 0 spiro atoms. The maximum Gasteiger partial charge on any atom is 0.202 e. The third-order valence-corrected chi connectivity index (χ3v) is 9.21. The molecule has 0 unspecified atom stereocenters. The van der Waals surface area contributed by atoms with E-state index in [1.54, 1.807) is 0 Å². The molecular formula is C37H36O. The molecule has 6 rings (SSSR count). The molecule has 190 valence electrons. The molecule has 0 radical (unpaired) electrons. The Balaban J connectivity index is 1.46. The molecule has 0 atom stereocenters. The minimum Gasteiger partial charge on any atom is -0.288 e. The van der Waals surface area contributed by atoms with Crippen LogP contribution in [0.1, 0.15) is 104 Å². The maximum absolute atomic E-state index is 13.2. The second kappa shape index (κ2) is 9.28. The van der Waals surface area contributed by atoms with Crippen LogP contribution in [-0.2, 0) is 10.8 Å². The van der Waals surface area contributed by atoms with E-state index in [1.807, 2.05) is 12.1 Å². The SMILES string of the molecule is CCCCC1(CCCC)c2ccccc2-c2ccc(C(C)(C)c3ccc4c(c3)C(=O)c3c#cccc3-4)cc21. The van der Waals surface area contributed by atoms with Gasteiger partial charge in [-0.1, -0.05) is 120 Å². The number of rotatable bonds is 8. The first-order valence-electron chi connectivity index (χ1n) is 14.3. The van der Waals surface area contributed by atoms with Gasteiger partial charge in [0.1, 0.15) is 0 Å². The highest BCUT2D eigenvalue weighted by molar-refractivity contribution is 6.21. The second-order valence-electron chi connectivity index (χ2n) is 11.7. The van der Waals surface area contributed by atoms with Gasteiger partial charge in [-0.15, -0.1) is 0 Å². The van der Waals surface area contributed by atoms with Gasteiger partial charge in [0.2, 0.25) is 5.78 Å². The largest absolute Gasteiger partial charge is 0.288 e. The Morgan fingerprint density at radius 1 is 0.711 bits per heavy atom. The van der Waals surface area contributed by atoms with Crippen molar-refractivity contribution in [2.75, 3.05) is 0 Å². The first-order chi connectivity index (χ1) is 18.4. The summed E-state index contributed by atoms with van der Waals surface area (Å²) in [6.07, 6.45) is 7.25. The minimum atomic E-state index is -0.245. The van der Waals surface area contributed by atoms with Crippen molar-refractivity contribution in [3.8, 4) is 22.3 Å². The van der Waals surface area contributed by atoms with E-state index in [2.05, 4.69) is 100 Å². The fourth-order valence-corrected chi connectivity index (χ4v) is 6.92. The fraction of sp³-hybridized carbons (Fsp3) is 0.324. The molecule has 4 aromatic carbocycles. The third-order valence-electron chi connectivity index (χ3n) is 9.21. The number of hydrogen-bond acceptors (Lipinski definition) is 1. The Morgan fingerprint density at radius 2 is 1.37 bits per heavy atom. The van der Waals surface area contributed by atoms with Crippen LogP contribution in [-0.4, -0.2) is 5.78 Å². The lowest BCUT2D eigenvalue weighted by Crippen LogP contribution is -2.27. The van der Waals surface area contributed by atoms with Gasteiger partial charge in [0, 0.05) is 22.0 Å². The van der Waals surface area contributed by atoms with Gasteiger partial charge in [-0.05, 0) is 70.0 Å². The fourth-order valence-electron chi connectivity index (χ4n) is 6.92. The zero-order valence-electron chi connectivity index (χ0n) is 23.1. The van der Waals surface area contributed by atoms with Gasteiger partial charge in [0.05, 0.1) is 5.56 Å². The lowest BCUT2D eigenvalue weighted by molar-refractivity contribution is 0.104. The summed E-state index contributed by atoms with van der Waals surface area (Å²) < 4.78 is 0. The Hall–Kier alpha value is -3.63. The molecule has 0 aliphatic heterocycles. The van der Waals surface area contributed by atoms with Crippen LogP contribution in [0.3, 0.4) is 0 Å². The van der Waals surface area contributed by atoms with Crippen molar-refractivity contribution in [2.45, 2.75) is 77.0 Å². The van der Waals surface area contributed by atoms with Gasteiger partial charge < -0.3 is 0 Å². The average Bonchev–Trinajstić information content (AvgIpc) is 3.40. The van der Waals surface area contributed by atoms with Crippen LogP contribution in [0.2, 0.25) is 0 Å². The summed E-state index contributed by atoms with van der Waals surface area (Å²) in [4.78, 5) is 13.2. The van der Waals surface area contributed by atoms with Crippen molar-refractivity contribution in [1.82, 2.24) is 0 Å². The van der Waals surface area contributed by atoms with Crippen LogP contribution in [0.25, 0.3) is 22.3 Å². The van der Waals surface area contributed by atoms with Crippen molar-refractivity contribution in [3.05, 3.63) is 118 Å². The van der Waals surface area contributed by atoms with Crippen molar-refractivity contribution >= 4 is 5.78 Å². The molecule has 0 bridgehead atoms. The topological polar surface area (TPSA) is 17.1 Å². The van der Waals surface area contributed by atoms with Gasteiger partial charge >= 0.3 is 0 Å². The molecule has 0 heterocycles. The van der Waals surface area contributed by atoms with E-state index >= 15 is 0 Å². The smallest absolute Gasteiger partial charge is 0.202 e. The Labute approximate surface area is 227 Å². The van der Waals surface area contributed by atoms with Crippen molar-refractivity contribution in [2.24, 2.45) is 0 Å². The summed E-state index contributed by atoms with van der Waals surface area (Å²) >= 11 is 0. The molecule has 0 amide bonds. The number of carbonyl (C=O) groups excluding carboxylic acids is 1. The summed E-state index contributed by atoms with van der Waals surface area (Å²) in [5.41, 5.74) is 11.6. The zero-order valence-corrected chi connectivity index (χ0v) is 23.1. The predicted octanol–water partition coefficient (Wildman–Crippen LogP) is 9.47. The molecule has 0 saturated heterocycles. The lowest BCUT2D eigenvalue weighted by atomic mass is 9.69. The van der Waals surface area contributed by atoms with E-state index in [9.17, 15) is 4.79 Å². The van der Waals surface area contributed by atoms with E-state index in [4.69, 9.17) is 0 Å². The average molecular weight is 497 g/mol.